The third-order valence-corrected chi connectivity index (χ3v) is 7.83. The van der Waals surface area contributed by atoms with Gasteiger partial charge in [-0.25, -0.2) is 0 Å². The Labute approximate surface area is 94.6 Å². The van der Waals surface area contributed by atoms with Crippen LogP contribution in [0.2, 0.25) is 18.1 Å². The lowest BCUT2D eigenvalue weighted by Gasteiger charge is -2.36. The van der Waals surface area contributed by atoms with E-state index in [1.165, 1.54) is 0 Å². The Bertz CT molecular complexity index is 194. The van der Waals surface area contributed by atoms with Gasteiger partial charge in [0.25, 0.3) is 0 Å². The molecule has 0 amide bonds. The molecule has 0 unspecified atom stereocenters. The zero-order valence-corrected chi connectivity index (χ0v) is 11.9. The van der Waals surface area contributed by atoms with Crippen molar-refractivity contribution in [3.63, 3.8) is 0 Å². The third kappa shape index (κ3) is 4.62. The summed E-state index contributed by atoms with van der Waals surface area (Å²) in [4.78, 5) is 0. The monoisotopic (exact) mass is 234 g/mol. The first kappa shape index (κ1) is 14.2. The normalized spacial score (nSPS) is 13.0. The molecular formula is C11H23ClOSi. The first-order chi connectivity index (χ1) is 6.20. The van der Waals surface area contributed by atoms with Gasteiger partial charge in [-0.1, -0.05) is 32.9 Å². The highest BCUT2D eigenvalue weighted by atomic mass is 35.5. The molecule has 0 aromatic carbocycles. The molecule has 0 rings (SSSR count). The lowest BCUT2D eigenvalue weighted by atomic mass is 10.2. The summed E-state index contributed by atoms with van der Waals surface area (Å²) in [7, 11) is -1.57. The summed E-state index contributed by atoms with van der Waals surface area (Å²) in [6.07, 6.45) is 0.885. The molecule has 0 aromatic heterocycles. The van der Waals surface area contributed by atoms with Gasteiger partial charge < -0.3 is 4.43 Å². The van der Waals surface area contributed by atoms with E-state index in [0.717, 1.165) is 18.6 Å². The van der Waals surface area contributed by atoms with Gasteiger partial charge in [0, 0.05) is 12.5 Å². The van der Waals surface area contributed by atoms with E-state index in [4.69, 9.17) is 16.0 Å². The van der Waals surface area contributed by atoms with Crippen molar-refractivity contribution in [2.24, 2.45) is 0 Å². The number of hydrogen-bond acceptors (Lipinski definition) is 1. The number of rotatable bonds is 5. The van der Waals surface area contributed by atoms with Gasteiger partial charge in [-0.2, -0.15) is 0 Å². The molecule has 14 heavy (non-hydrogen) atoms. The van der Waals surface area contributed by atoms with Crippen LogP contribution in [0.5, 0.6) is 0 Å². The van der Waals surface area contributed by atoms with Gasteiger partial charge in [-0.3, -0.25) is 0 Å². The lowest BCUT2D eigenvalue weighted by Crippen LogP contribution is -2.41. The molecule has 0 heterocycles. The second kappa shape index (κ2) is 5.33. The van der Waals surface area contributed by atoms with Crippen LogP contribution >= 0.6 is 11.6 Å². The van der Waals surface area contributed by atoms with Gasteiger partial charge in [0.2, 0.25) is 0 Å². The molecule has 1 nitrogen and oxygen atoms in total. The standard InChI is InChI=1S/C11H23ClOSi/c1-10(9-12)7-8-13-14(5,6)11(2,3)4/h1,7-9H2,2-6H3. The van der Waals surface area contributed by atoms with Gasteiger partial charge in [0.05, 0.1) is 0 Å². The highest BCUT2D eigenvalue weighted by Gasteiger charge is 2.36. The molecule has 0 aliphatic rings. The van der Waals surface area contributed by atoms with Crippen LogP contribution in [0.25, 0.3) is 0 Å². The fraction of sp³-hybridized carbons (Fsp3) is 0.818. The van der Waals surface area contributed by atoms with E-state index in [9.17, 15) is 0 Å². The summed E-state index contributed by atoms with van der Waals surface area (Å²) in [5, 5.41) is 0.287. The average Bonchev–Trinajstić information content (AvgIpc) is 2.01. The van der Waals surface area contributed by atoms with E-state index in [2.05, 4.69) is 40.4 Å². The fourth-order valence-electron chi connectivity index (χ4n) is 0.734. The van der Waals surface area contributed by atoms with E-state index in [1.807, 2.05) is 0 Å². The molecule has 0 saturated carbocycles. The number of halogens is 1. The smallest absolute Gasteiger partial charge is 0.191 e. The topological polar surface area (TPSA) is 9.23 Å². The van der Waals surface area contributed by atoms with Gasteiger partial charge in [0.15, 0.2) is 8.32 Å². The van der Waals surface area contributed by atoms with Crippen molar-refractivity contribution >= 4 is 19.9 Å². The molecular weight excluding hydrogens is 212 g/mol. The van der Waals surface area contributed by atoms with Crippen LogP contribution in [0, 0.1) is 0 Å². The molecule has 3 heteroatoms. The summed E-state index contributed by atoms with van der Waals surface area (Å²) in [5.74, 6) is 0.543. The van der Waals surface area contributed by atoms with Crippen molar-refractivity contribution in [1.29, 1.82) is 0 Å². The minimum absolute atomic E-state index is 0.287. The molecule has 0 fully saturated rings. The van der Waals surface area contributed by atoms with E-state index in [-0.39, 0.29) is 5.04 Å². The summed E-state index contributed by atoms with van der Waals surface area (Å²) < 4.78 is 5.99. The largest absolute Gasteiger partial charge is 0.417 e. The van der Waals surface area contributed by atoms with Crippen LogP contribution in [0.1, 0.15) is 27.2 Å². The Morgan fingerprint density at radius 3 is 2.21 bits per heavy atom. The van der Waals surface area contributed by atoms with E-state index < -0.39 is 8.32 Å². The maximum atomic E-state index is 5.99. The zero-order valence-electron chi connectivity index (χ0n) is 10.1. The van der Waals surface area contributed by atoms with Crippen molar-refractivity contribution in [2.75, 3.05) is 12.5 Å². The molecule has 0 aliphatic carbocycles. The minimum Gasteiger partial charge on any atom is -0.417 e. The first-order valence-electron chi connectivity index (χ1n) is 5.07. The van der Waals surface area contributed by atoms with Crippen LogP contribution in [-0.2, 0) is 4.43 Å². The predicted octanol–water partition coefficient (Wildman–Crippen LogP) is 4.19. The molecule has 0 atom stereocenters. The van der Waals surface area contributed by atoms with Crippen LogP contribution in [0.3, 0.4) is 0 Å². The summed E-state index contributed by atoms with van der Waals surface area (Å²) >= 11 is 5.65. The van der Waals surface area contributed by atoms with Crippen molar-refractivity contribution in [3.05, 3.63) is 12.2 Å². The highest BCUT2D eigenvalue weighted by Crippen LogP contribution is 2.36. The Hall–Kier alpha value is 0.207. The molecule has 0 N–H and O–H groups in total. The predicted molar refractivity (Wildman–Crippen MR) is 67.6 cm³/mol. The Morgan fingerprint density at radius 2 is 1.86 bits per heavy atom. The van der Waals surface area contributed by atoms with Crippen molar-refractivity contribution in [1.82, 2.24) is 0 Å². The quantitative estimate of drug-likeness (QED) is 0.394. The van der Waals surface area contributed by atoms with Crippen LogP contribution in [-0.4, -0.2) is 20.8 Å². The van der Waals surface area contributed by atoms with Crippen LogP contribution in [0.15, 0.2) is 12.2 Å². The van der Waals surface area contributed by atoms with Crippen LogP contribution < -0.4 is 0 Å². The number of hydrogen-bond donors (Lipinski definition) is 0. The summed E-state index contributed by atoms with van der Waals surface area (Å²) in [6.45, 7) is 15.9. The summed E-state index contributed by atoms with van der Waals surface area (Å²) in [6, 6.07) is 0. The molecule has 0 saturated heterocycles. The van der Waals surface area contributed by atoms with Gasteiger partial charge >= 0.3 is 0 Å². The van der Waals surface area contributed by atoms with Crippen LogP contribution in [0.4, 0.5) is 0 Å². The molecule has 0 bridgehead atoms. The van der Waals surface area contributed by atoms with E-state index >= 15 is 0 Å². The number of alkyl halides is 1. The van der Waals surface area contributed by atoms with Crippen molar-refractivity contribution in [3.8, 4) is 0 Å². The first-order valence-corrected chi connectivity index (χ1v) is 8.51. The Balaban J connectivity index is 3.95. The average molecular weight is 235 g/mol. The lowest BCUT2D eigenvalue weighted by molar-refractivity contribution is 0.292. The highest BCUT2D eigenvalue weighted by molar-refractivity contribution is 6.74. The fourth-order valence-corrected chi connectivity index (χ4v) is 1.91. The van der Waals surface area contributed by atoms with E-state index in [1.54, 1.807) is 0 Å². The Kier molecular flexibility index (Phi) is 5.41. The zero-order chi connectivity index (χ0) is 11.4. The minimum atomic E-state index is -1.57. The van der Waals surface area contributed by atoms with Gasteiger partial charge in [-0.15, -0.1) is 11.6 Å². The maximum Gasteiger partial charge on any atom is 0.191 e. The third-order valence-electron chi connectivity index (χ3n) is 2.91. The molecule has 0 aromatic rings. The molecule has 0 spiro atoms. The molecule has 0 radical (unpaired) electrons. The second-order valence-corrected chi connectivity index (χ2v) is 10.3. The molecule has 0 aliphatic heterocycles. The van der Waals surface area contributed by atoms with Gasteiger partial charge in [0.1, 0.15) is 0 Å². The van der Waals surface area contributed by atoms with E-state index in [0.29, 0.717) is 5.88 Å². The maximum absolute atomic E-state index is 5.99. The van der Waals surface area contributed by atoms with Crippen molar-refractivity contribution < 1.29 is 4.43 Å². The Morgan fingerprint density at radius 1 is 1.36 bits per heavy atom. The van der Waals surface area contributed by atoms with Crippen molar-refractivity contribution in [2.45, 2.75) is 45.3 Å². The SMILES string of the molecule is C=C(CCl)CCO[Si](C)(C)C(C)(C)C. The summed E-state index contributed by atoms with van der Waals surface area (Å²) in [5.41, 5.74) is 1.06. The van der Waals surface area contributed by atoms with Gasteiger partial charge in [-0.05, 0) is 24.6 Å². The second-order valence-electron chi connectivity index (χ2n) is 5.24. The molecule has 84 valence electrons.